The Morgan fingerprint density at radius 1 is 1.11 bits per heavy atom. The third-order valence-corrected chi connectivity index (χ3v) is 4.12. The Morgan fingerprint density at radius 3 is 2.37 bits per heavy atom. The van der Waals surface area contributed by atoms with Crippen LogP contribution in [0.2, 0.25) is 5.02 Å². The number of aryl methyl sites for hydroxylation is 1. The minimum Gasteiger partial charge on any atom is -0.277 e. The van der Waals surface area contributed by atoms with Gasteiger partial charge >= 0.3 is 0 Å². The van der Waals surface area contributed by atoms with Gasteiger partial charge in [-0.05, 0) is 48.9 Å². The molecule has 0 spiro atoms. The van der Waals surface area contributed by atoms with E-state index in [-0.39, 0.29) is 10.6 Å². The molecule has 6 heteroatoms. The molecule has 0 heterocycles. The Bertz CT molecular complexity index is 699. The highest BCUT2D eigenvalue weighted by molar-refractivity contribution is 7.92. The van der Waals surface area contributed by atoms with Crippen molar-refractivity contribution >= 4 is 27.3 Å². The molecule has 0 aromatic heterocycles. The van der Waals surface area contributed by atoms with Gasteiger partial charge in [0.1, 0.15) is 5.82 Å². The summed E-state index contributed by atoms with van der Waals surface area (Å²) in [6.07, 6.45) is 0. The number of benzene rings is 2. The second-order valence-corrected chi connectivity index (χ2v) is 6.16. The van der Waals surface area contributed by atoms with Crippen LogP contribution in [0.15, 0.2) is 47.4 Å². The molecule has 0 saturated carbocycles. The molecule has 0 bridgehead atoms. The van der Waals surface area contributed by atoms with Gasteiger partial charge in [0.05, 0.1) is 10.6 Å². The van der Waals surface area contributed by atoms with Gasteiger partial charge in [-0.25, -0.2) is 12.8 Å². The lowest BCUT2D eigenvalue weighted by Crippen LogP contribution is -2.14. The van der Waals surface area contributed by atoms with Crippen molar-refractivity contribution in [1.29, 1.82) is 0 Å². The van der Waals surface area contributed by atoms with E-state index in [2.05, 4.69) is 4.72 Å². The highest BCUT2D eigenvalue weighted by Gasteiger charge is 2.16. The van der Waals surface area contributed by atoms with Crippen molar-refractivity contribution in [2.24, 2.45) is 0 Å². The molecule has 2 rings (SSSR count). The van der Waals surface area contributed by atoms with E-state index in [1.54, 1.807) is 13.0 Å². The van der Waals surface area contributed by atoms with Crippen LogP contribution in [-0.2, 0) is 10.0 Å². The number of nitrogens with one attached hydrogen (secondary N) is 1. The maximum atomic E-state index is 13.5. The number of hydrogen-bond donors (Lipinski definition) is 1. The Hall–Kier alpha value is -1.59. The minimum atomic E-state index is -3.82. The lowest BCUT2D eigenvalue weighted by molar-refractivity contribution is 0.598. The van der Waals surface area contributed by atoms with E-state index in [0.29, 0.717) is 5.02 Å². The molecule has 2 aromatic carbocycles. The lowest BCUT2D eigenvalue weighted by atomic mass is 10.2. The second-order valence-electron chi connectivity index (χ2n) is 4.04. The summed E-state index contributed by atoms with van der Waals surface area (Å²) in [4.78, 5) is 0.0257. The van der Waals surface area contributed by atoms with Crippen LogP contribution >= 0.6 is 11.6 Å². The zero-order valence-corrected chi connectivity index (χ0v) is 11.6. The van der Waals surface area contributed by atoms with Crippen LogP contribution in [0, 0.1) is 12.7 Å². The summed E-state index contributed by atoms with van der Waals surface area (Å²) in [7, 11) is -3.82. The summed E-state index contributed by atoms with van der Waals surface area (Å²) in [5, 5.41) is 0.431. The fourth-order valence-corrected chi connectivity index (χ4v) is 2.72. The van der Waals surface area contributed by atoms with Gasteiger partial charge in [-0.1, -0.05) is 17.7 Å². The molecule has 1 N–H and O–H groups in total. The molecule has 0 saturated heterocycles. The predicted octanol–water partition coefficient (Wildman–Crippen LogP) is 3.59. The summed E-state index contributed by atoms with van der Waals surface area (Å²) < 4.78 is 39.9. The fourth-order valence-electron chi connectivity index (χ4n) is 1.53. The van der Waals surface area contributed by atoms with Gasteiger partial charge in [0.25, 0.3) is 10.0 Å². The van der Waals surface area contributed by atoms with Gasteiger partial charge < -0.3 is 0 Å². The van der Waals surface area contributed by atoms with Crippen molar-refractivity contribution in [3.63, 3.8) is 0 Å². The molecule has 0 radical (unpaired) electrons. The van der Waals surface area contributed by atoms with E-state index in [1.807, 2.05) is 0 Å². The Kier molecular flexibility index (Phi) is 3.78. The molecule has 0 atom stereocenters. The summed E-state index contributed by atoms with van der Waals surface area (Å²) in [6.45, 7) is 1.75. The van der Waals surface area contributed by atoms with Crippen LogP contribution in [0.4, 0.5) is 10.1 Å². The third kappa shape index (κ3) is 3.24. The molecular weight excluding hydrogens is 289 g/mol. The Balaban J connectivity index is 2.36. The van der Waals surface area contributed by atoms with Gasteiger partial charge in [0, 0.05) is 5.02 Å². The zero-order chi connectivity index (χ0) is 14.0. The first kappa shape index (κ1) is 13.8. The summed E-state index contributed by atoms with van der Waals surface area (Å²) >= 11 is 5.69. The summed E-state index contributed by atoms with van der Waals surface area (Å²) in [6, 6.07) is 9.86. The molecule has 0 aliphatic carbocycles. The first-order chi connectivity index (χ1) is 8.88. The Morgan fingerprint density at radius 2 is 1.74 bits per heavy atom. The molecule has 3 nitrogen and oxygen atoms in total. The van der Waals surface area contributed by atoms with Crippen molar-refractivity contribution < 1.29 is 12.8 Å². The van der Waals surface area contributed by atoms with Gasteiger partial charge in [-0.15, -0.1) is 0 Å². The predicted molar refractivity (Wildman–Crippen MR) is 73.4 cm³/mol. The van der Waals surface area contributed by atoms with E-state index in [4.69, 9.17) is 11.6 Å². The average Bonchev–Trinajstić information content (AvgIpc) is 2.34. The molecule has 100 valence electrons. The summed E-state index contributed by atoms with van der Waals surface area (Å²) in [5.41, 5.74) is 0.685. The highest BCUT2D eigenvalue weighted by Crippen LogP contribution is 2.21. The van der Waals surface area contributed by atoms with E-state index in [9.17, 15) is 12.8 Å². The van der Waals surface area contributed by atoms with Crippen molar-refractivity contribution in [2.75, 3.05) is 4.72 Å². The zero-order valence-electron chi connectivity index (χ0n) is 10.0. The van der Waals surface area contributed by atoms with Gasteiger partial charge in [0.15, 0.2) is 0 Å². The molecular formula is C13H11ClFNO2S. The van der Waals surface area contributed by atoms with E-state index >= 15 is 0 Å². The summed E-state index contributed by atoms with van der Waals surface area (Å²) in [5.74, 6) is -0.622. The van der Waals surface area contributed by atoms with Crippen molar-refractivity contribution in [3.8, 4) is 0 Å². The van der Waals surface area contributed by atoms with Gasteiger partial charge in [0.2, 0.25) is 0 Å². The monoisotopic (exact) mass is 299 g/mol. The van der Waals surface area contributed by atoms with Crippen LogP contribution in [0.5, 0.6) is 0 Å². The van der Waals surface area contributed by atoms with Crippen LogP contribution in [0.3, 0.4) is 0 Å². The number of sulfonamides is 1. The van der Waals surface area contributed by atoms with E-state index in [0.717, 1.165) is 5.56 Å². The first-order valence-electron chi connectivity index (χ1n) is 5.43. The molecule has 0 aliphatic heterocycles. The molecule has 2 aromatic rings. The Labute approximate surface area is 116 Å². The maximum Gasteiger partial charge on any atom is 0.261 e. The highest BCUT2D eigenvalue weighted by atomic mass is 35.5. The third-order valence-electron chi connectivity index (χ3n) is 2.49. The van der Waals surface area contributed by atoms with E-state index in [1.165, 1.54) is 36.4 Å². The molecule has 0 amide bonds. The molecule has 0 unspecified atom stereocenters. The number of hydrogen-bond acceptors (Lipinski definition) is 2. The first-order valence-corrected chi connectivity index (χ1v) is 7.29. The number of anilines is 1. The van der Waals surface area contributed by atoms with Crippen molar-refractivity contribution in [2.45, 2.75) is 11.8 Å². The number of halogens is 2. The molecule has 19 heavy (non-hydrogen) atoms. The van der Waals surface area contributed by atoms with Crippen molar-refractivity contribution in [3.05, 3.63) is 58.9 Å². The largest absolute Gasteiger partial charge is 0.277 e. The molecule has 0 aliphatic rings. The number of rotatable bonds is 3. The SMILES string of the molecule is Cc1ccc(F)c(NS(=O)(=O)c2ccc(Cl)cc2)c1. The minimum absolute atomic E-state index is 0.0257. The fraction of sp³-hybridized carbons (Fsp3) is 0.0769. The average molecular weight is 300 g/mol. The normalized spacial score (nSPS) is 11.3. The smallest absolute Gasteiger partial charge is 0.261 e. The van der Waals surface area contributed by atoms with Crippen molar-refractivity contribution in [1.82, 2.24) is 0 Å². The topological polar surface area (TPSA) is 46.2 Å². The van der Waals surface area contributed by atoms with Gasteiger partial charge in [-0.2, -0.15) is 0 Å². The lowest BCUT2D eigenvalue weighted by Gasteiger charge is -2.09. The van der Waals surface area contributed by atoms with Crippen LogP contribution in [0.25, 0.3) is 0 Å². The maximum absolute atomic E-state index is 13.5. The van der Waals surface area contributed by atoms with Gasteiger partial charge in [-0.3, -0.25) is 4.72 Å². The van der Waals surface area contributed by atoms with Crippen LogP contribution in [0.1, 0.15) is 5.56 Å². The standard InChI is InChI=1S/C13H11ClFNO2S/c1-9-2-7-12(15)13(8-9)16-19(17,18)11-5-3-10(14)4-6-11/h2-8,16H,1H3. The molecule has 0 fully saturated rings. The second kappa shape index (κ2) is 5.19. The van der Waals surface area contributed by atoms with Crippen LogP contribution in [-0.4, -0.2) is 8.42 Å². The van der Waals surface area contributed by atoms with E-state index < -0.39 is 15.8 Å². The van der Waals surface area contributed by atoms with Crippen LogP contribution < -0.4 is 4.72 Å². The quantitative estimate of drug-likeness (QED) is 0.941.